The first-order chi connectivity index (χ1) is 3.93. The highest BCUT2D eigenvalue weighted by molar-refractivity contribution is 5.10. The molecule has 1 heteroatoms. The van der Waals surface area contributed by atoms with Crippen LogP contribution in [0, 0.1) is 5.92 Å². The molecule has 0 spiro atoms. The minimum absolute atomic E-state index is 1.15. The molecular formula is C7H14O. The van der Waals surface area contributed by atoms with Gasteiger partial charge in [-0.3, -0.25) is 0 Å². The Bertz CT molecular complexity index is 48.3. The standard InChI is InChI=1S/C6H12.CH2O/c1-2-3-6-4-5-6;1-2/h6H,2-5H2,1H3;1H2. The van der Waals surface area contributed by atoms with E-state index in [4.69, 9.17) is 4.79 Å². The minimum Gasteiger partial charge on any atom is -0.307 e. The molecule has 0 bridgehead atoms. The summed E-state index contributed by atoms with van der Waals surface area (Å²) in [5.41, 5.74) is 0. The van der Waals surface area contributed by atoms with Gasteiger partial charge < -0.3 is 4.79 Å². The van der Waals surface area contributed by atoms with Crippen molar-refractivity contribution in [2.45, 2.75) is 32.6 Å². The van der Waals surface area contributed by atoms with Gasteiger partial charge in [-0.1, -0.05) is 32.6 Å². The lowest BCUT2D eigenvalue weighted by Gasteiger charge is -1.82. The highest BCUT2D eigenvalue weighted by Gasteiger charge is 2.18. The maximum absolute atomic E-state index is 8.00. The molecule has 0 saturated heterocycles. The van der Waals surface area contributed by atoms with Crippen LogP contribution >= 0.6 is 0 Å². The van der Waals surface area contributed by atoms with Gasteiger partial charge in [-0.15, -0.1) is 0 Å². The molecule has 0 aromatic carbocycles. The number of carbonyl (C=O) groups excluding carboxylic acids is 1. The lowest BCUT2D eigenvalue weighted by Crippen LogP contribution is -1.68. The fraction of sp³-hybridized carbons (Fsp3) is 0.857. The second kappa shape index (κ2) is 4.82. The second-order valence-electron chi connectivity index (χ2n) is 2.23. The Hall–Kier alpha value is -0.330. The van der Waals surface area contributed by atoms with E-state index in [1.165, 1.54) is 25.7 Å². The van der Waals surface area contributed by atoms with Crippen LogP contribution in [0.4, 0.5) is 0 Å². The van der Waals surface area contributed by atoms with Gasteiger partial charge in [0, 0.05) is 0 Å². The topological polar surface area (TPSA) is 17.1 Å². The van der Waals surface area contributed by atoms with Crippen molar-refractivity contribution in [3.05, 3.63) is 0 Å². The van der Waals surface area contributed by atoms with E-state index in [1.807, 2.05) is 6.79 Å². The summed E-state index contributed by atoms with van der Waals surface area (Å²) >= 11 is 0. The van der Waals surface area contributed by atoms with Crippen LogP contribution in [0.1, 0.15) is 32.6 Å². The maximum atomic E-state index is 8.00. The molecule has 1 aliphatic carbocycles. The van der Waals surface area contributed by atoms with Crippen LogP contribution in [-0.4, -0.2) is 6.79 Å². The smallest absolute Gasteiger partial charge is 0.106 e. The molecule has 8 heavy (non-hydrogen) atoms. The first kappa shape index (κ1) is 7.67. The normalized spacial score (nSPS) is 16.6. The van der Waals surface area contributed by atoms with E-state index < -0.39 is 0 Å². The van der Waals surface area contributed by atoms with E-state index in [0.29, 0.717) is 0 Å². The third-order valence-electron chi connectivity index (χ3n) is 1.39. The van der Waals surface area contributed by atoms with Crippen LogP contribution in [0.3, 0.4) is 0 Å². The number of rotatable bonds is 2. The summed E-state index contributed by atoms with van der Waals surface area (Å²) < 4.78 is 0. The van der Waals surface area contributed by atoms with E-state index in [1.54, 1.807) is 0 Å². The predicted octanol–water partition coefficient (Wildman–Crippen LogP) is 2.01. The van der Waals surface area contributed by atoms with E-state index in [0.717, 1.165) is 5.92 Å². The quantitative estimate of drug-likeness (QED) is 0.536. The molecule has 1 saturated carbocycles. The molecule has 0 amide bonds. The number of hydrogen-bond acceptors (Lipinski definition) is 1. The Morgan fingerprint density at radius 1 is 1.50 bits per heavy atom. The van der Waals surface area contributed by atoms with Crippen molar-refractivity contribution < 1.29 is 4.79 Å². The second-order valence-corrected chi connectivity index (χ2v) is 2.23. The van der Waals surface area contributed by atoms with Gasteiger partial charge in [0.2, 0.25) is 0 Å². The summed E-state index contributed by atoms with van der Waals surface area (Å²) in [5.74, 6) is 1.15. The molecule has 1 aliphatic rings. The molecule has 1 fully saturated rings. The van der Waals surface area contributed by atoms with Crippen molar-refractivity contribution in [2.24, 2.45) is 5.92 Å². The number of hydrogen-bond donors (Lipinski definition) is 0. The molecule has 0 aromatic rings. The van der Waals surface area contributed by atoms with Crippen LogP contribution in [0.5, 0.6) is 0 Å². The van der Waals surface area contributed by atoms with E-state index in [-0.39, 0.29) is 0 Å². The summed E-state index contributed by atoms with van der Waals surface area (Å²) in [7, 11) is 0. The molecule has 0 unspecified atom stereocenters. The molecule has 0 aromatic heterocycles. The average molecular weight is 114 g/mol. The van der Waals surface area contributed by atoms with E-state index in [9.17, 15) is 0 Å². The van der Waals surface area contributed by atoms with Crippen LogP contribution < -0.4 is 0 Å². The van der Waals surface area contributed by atoms with Crippen LogP contribution in [0.25, 0.3) is 0 Å². The van der Waals surface area contributed by atoms with Gasteiger partial charge in [-0.05, 0) is 5.92 Å². The zero-order valence-electron chi connectivity index (χ0n) is 5.52. The molecular weight excluding hydrogens is 100 g/mol. The van der Waals surface area contributed by atoms with Crippen LogP contribution in [-0.2, 0) is 4.79 Å². The molecule has 0 N–H and O–H groups in total. The van der Waals surface area contributed by atoms with Crippen molar-refractivity contribution in [3.63, 3.8) is 0 Å². The minimum atomic E-state index is 1.15. The fourth-order valence-corrected chi connectivity index (χ4v) is 0.815. The van der Waals surface area contributed by atoms with Gasteiger partial charge in [0.1, 0.15) is 6.79 Å². The van der Waals surface area contributed by atoms with Crippen molar-refractivity contribution in [1.29, 1.82) is 0 Å². The summed E-state index contributed by atoms with van der Waals surface area (Å²) in [6.45, 7) is 4.26. The SMILES string of the molecule is C=O.CCCC1CC1. The Kier molecular flexibility index (Phi) is 4.62. The fourth-order valence-electron chi connectivity index (χ4n) is 0.815. The van der Waals surface area contributed by atoms with Gasteiger partial charge in [0.05, 0.1) is 0 Å². The molecule has 1 nitrogen and oxygen atoms in total. The zero-order chi connectivity index (χ0) is 6.41. The van der Waals surface area contributed by atoms with Gasteiger partial charge >= 0.3 is 0 Å². The van der Waals surface area contributed by atoms with Crippen LogP contribution in [0.15, 0.2) is 0 Å². The van der Waals surface area contributed by atoms with Crippen molar-refractivity contribution in [1.82, 2.24) is 0 Å². The van der Waals surface area contributed by atoms with E-state index >= 15 is 0 Å². The van der Waals surface area contributed by atoms with Gasteiger partial charge in [0.15, 0.2) is 0 Å². The summed E-state index contributed by atoms with van der Waals surface area (Å²) in [5, 5.41) is 0. The molecule has 0 atom stereocenters. The molecule has 48 valence electrons. The van der Waals surface area contributed by atoms with Crippen molar-refractivity contribution in [2.75, 3.05) is 0 Å². The molecule has 0 aliphatic heterocycles. The Morgan fingerprint density at radius 2 is 2.00 bits per heavy atom. The molecule has 0 radical (unpaired) electrons. The Balaban J connectivity index is 0.000000222. The van der Waals surface area contributed by atoms with Gasteiger partial charge in [0.25, 0.3) is 0 Å². The predicted molar refractivity (Wildman–Crippen MR) is 34.8 cm³/mol. The molecule has 1 rings (SSSR count). The summed E-state index contributed by atoms with van der Waals surface area (Å²) in [4.78, 5) is 8.00. The highest BCUT2D eigenvalue weighted by Crippen LogP contribution is 2.32. The summed E-state index contributed by atoms with van der Waals surface area (Å²) in [6, 6.07) is 0. The Labute approximate surface area is 51.1 Å². The number of carbonyl (C=O) groups is 1. The maximum Gasteiger partial charge on any atom is 0.106 e. The monoisotopic (exact) mass is 114 g/mol. The Morgan fingerprint density at radius 3 is 2.12 bits per heavy atom. The average Bonchev–Trinajstić information content (AvgIpc) is 2.57. The van der Waals surface area contributed by atoms with Gasteiger partial charge in [-0.25, -0.2) is 0 Å². The lowest BCUT2D eigenvalue weighted by atomic mass is 10.2. The third kappa shape index (κ3) is 3.85. The zero-order valence-corrected chi connectivity index (χ0v) is 5.52. The van der Waals surface area contributed by atoms with Crippen LogP contribution in [0.2, 0.25) is 0 Å². The van der Waals surface area contributed by atoms with Gasteiger partial charge in [-0.2, -0.15) is 0 Å². The first-order valence-electron chi connectivity index (χ1n) is 3.22. The van der Waals surface area contributed by atoms with Crippen molar-refractivity contribution in [3.8, 4) is 0 Å². The molecule has 0 heterocycles. The first-order valence-corrected chi connectivity index (χ1v) is 3.22. The lowest BCUT2D eigenvalue weighted by molar-refractivity contribution is -0.0979. The third-order valence-corrected chi connectivity index (χ3v) is 1.39. The highest BCUT2D eigenvalue weighted by atomic mass is 16.1. The largest absolute Gasteiger partial charge is 0.307 e. The van der Waals surface area contributed by atoms with Crippen molar-refractivity contribution >= 4 is 6.79 Å². The summed E-state index contributed by atoms with van der Waals surface area (Å²) in [6.07, 6.45) is 5.92. The van der Waals surface area contributed by atoms with E-state index in [2.05, 4.69) is 6.92 Å².